The summed E-state index contributed by atoms with van der Waals surface area (Å²) in [6, 6.07) is 0.459. The summed E-state index contributed by atoms with van der Waals surface area (Å²) in [6.07, 6.45) is 7.65. The van der Waals surface area contributed by atoms with Gasteiger partial charge in [0, 0.05) is 50.0 Å². The lowest BCUT2D eigenvalue weighted by atomic mass is 10.0. The van der Waals surface area contributed by atoms with Crippen molar-refractivity contribution < 1.29 is 4.79 Å². The van der Waals surface area contributed by atoms with E-state index in [1.807, 2.05) is 27.1 Å². The van der Waals surface area contributed by atoms with E-state index in [1.54, 1.807) is 11.3 Å². The monoisotopic (exact) mass is 346 g/mol. The number of carbonyl (C=O) groups is 1. The Morgan fingerprint density at radius 1 is 1.38 bits per heavy atom. The van der Waals surface area contributed by atoms with Crippen LogP contribution in [0.15, 0.2) is 17.8 Å². The molecule has 1 amide bonds. The predicted molar refractivity (Wildman–Crippen MR) is 96.5 cm³/mol. The van der Waals surface area contributed by atoms with Gasteiger partial charge in [-0.2, -0.15) is 0 Å². The van der Waals surface area contributed by atoms with Crippen LogP contribution in [0.5, 0.6) is 0 Å². The Bertz CT molecular complexity index is 689. The molecule has 0 unspecified atom stereocenters. The summed E-state index contributed by atoms with van der Waals surface area (Å²) in [5.41, 5.74) is 0.583. The van der Waals surface area contributed by atoms with Gasteiger partial charge in [0.15, 0.2) is 4.96 Å². The van der Waals surface area contributed by atoms with Gasteiger partial charge in [-0.25, -0.2) is 4.98 Å². The van der Waals surface area contributed by atoms with E-state index in [2.05, 4.69) is 23.7 Å². The molecule has 1 aliphatic heterocycles. The molecule has 0 aromatic carbocycles. The third kappa shape index (κ3) is 3.22. The molecule has 130 valence electrons. The number of fused-ring (bicyclic) bond motifs is 1. The van der Waals surface area contributed by atoms with Crippen molar-refractivity contribution in [2.75, 3.05) is 26.2 Å². The van der Waals surface area contributed by atoms with Crippen molar-refractivity contribution in [3.8, 4) is 0 Å². The van der Waals surface area contributed by atoms with Gasteiger partial charge in [0.2, 0.25) is 0 Å². The van der Waals surface area contributed by atoms with E-state index in [4.69, 9.17) is 0 Å². The lowest BCUT2D eigenvalue weighted by molar-refractivity contribution is 0.0699. The van der Waals surface area contributed by atoms with Crippen molar-refractivity contribution in [3.05, 3.63) is 23.5 Å². The highest BCUT2D eigenvalue weighted by Crippen LogP contribution is 2.32. The van der Waals surface area contributed by atoms with Gasteiger partial charge in [-0.15, -0.1) is 11.3 Å². The van der Waals surface area contributed by atoms with Gasteiger partial charge in [-0.1, -0.05) is 13.8 Å². The summed E-state index contributed by atoms with van der Waals surface area (Å²) < 4.78 is 1.94. The molecular weight excluding hydrogens is 320 g/mol. The number of hydrogen-bond acceptors (Lipinski definition) is 4. The van der Waals surface area contributed by atoms with E-state index in [-0.39, 0.29) is 5.91 Å². The third-order valence-corrected chi connectivity index (χ3v) is 6.08. The molecular formula is C18H26N4OS. The lowest BCUT2D eigenvalue weighted by Gasteiger charge is -2.34. The minimum absolute atomic E-state index is 0.0878. The van der Waals surface area contributed by atoms with E-state index < -0.39 is 0 Å². The first kappa shape index (κ1) is 16.1. The van der Waals surface area contributed by atoms with Crippen molar-refractivity contribution in [1.82, 2.24) is 19.2 Å². The van der Waals surface area contributed by atoms with Crippen LogP contribution in [0, 0.1) is 11.8 Å². The molecule has 3 heterocycles. The van der Waals surface area contributed by atoms with Crippen LogP contribution in [0.2, 0.25) is 0 Å². The van der Waals surface area contributed by atoms with Gasteiger partial charge in [0.1, 0.15) is 5.69 Å². The quantitative estimate of drug-likeness (QED) is 0.854. The van der Waals surface area contributed by atoms with E-state index in [0.29, 0.717) is 17.7 Å². The highest BCUT2D eigenvalue weighted by atomic mass is 32.1. The molecule has 4 rings (SSSR count). The fraction of sp³-hybridized carbons (Fsp3) is 0.667. The Kier molecular flexibility index (Phi) is 4.35. The Balaban J connectivity index is 1.51. The normalized spacial score (nSPS) is 23.1. The number of aromatic nitrogens is 2. The molecule has 0 bridgehead atoms. The fourth-order valence-corrected chi connectivity index (χ4v) is 4.43. The first-order valence-corrected chi connectivity index (χ1v) is 9.95. The average molecular weight is 347 g/mol. The standard InChI is InChI=1S/C18H26N4OS/c1-13(2)16-12-21(7-3-6-20(16)10-14-4-5-14)17(23)15-11-22-8-9-24-18(22)19-15/h8-9,11,13-14,16H,3-7,10,12H2,1-2H3/t16-/m0/s1. The van der Waals surface area contributed by atoms with Crippen molar-refractivity contribution in [2.24, 2.45) is 11.8 Å². The topological polar surface area (TPSA) is 40.9 Å². The van der Waals surface area contributed by atoms with Crippen LogP contribution >= 0.6 is 11.3 Å². The van der Waals surface area contributed by atoms with E-state index in [0.717, 1.165) is 36.9 Å². The molecule has 2 aromatic rings. The van der Waals surface area contributed by atoms with Crippen molar-refractivity contribution in [1.29, 1.82) is 0 Å². The number of carbonyl (C=O) groups excluding carboxylic acids is 1. The van der Waals surface area contributed by atoms with Crippen molar-refractivity contribution in [3.63, 3.8) is 0 Å². The zero-order valence-corrected chi connectivity index (χ0v) is 15.3. The van der Waals surface area contributed by atoms with Gasteiger partial charge < -0.3 is 4.90 Å². The van der Waals surface area contributed by atoms with Gasteiger partial charge in [0.05, 0.1) is 0 Å². The highest BCUT2D eigenvalue weighted by Gasteiger charge is 2.33. The number of imidazole rings is 1. The van der Waals surface area contributed by atoms with Gasteiger partial charge in [-0.05, 0) is 31.1 Å². The summed E-state index contributed by atoms with van der Waals surface area (Å²) in [5, 5.41) is 1.99. The summed E-state index contributed by atoms with van der Waals surface area (Å²) in [4.78, 5) is 23.0. The largest absolute Gasteiger partial charge is 0.336 e. The molecule has 0 spiro atoms. The van der Waals surface area contributed by atoms with Gasteiger partial charge >= 0.3 is 0 Å². The first-order chi connectivity index (χ1) is 11.6. The maximum atomic E-state index is 13.0. The van der Waals surface area contributed by atoms with Crippen LogP contribution in [0.4, 0.5) is 0 Å². The number of thiazole rings is 1. The van der Waals surface area contributed by atoms with Crippen LogP contribution in [0.25, 0.3) is 4.96 Å². The van der Waals surface area contributed by atoms with E-state index >= 15 is 0 Å². The Hall–Kier alpha value is -1.40. The number of amides is 1. The lowest BCUT2D eigenvalue weighted by Crippen LogP contribution is -2.46. The molecule has 1 saturated carbocycles. The molecule has 0 N–H and O–H groups in total. The number of hydrogen-bond donors (Lipinski definition) is 0. The summed E-state index contributed by atoms with van der Waals surface area (Å²) in [5.74, 6) is 1.54. The van der Waals surface area contributed by atoms with E-state index in [9.17, 15) is 4.79 Å². The van der Waals surface area contributed by atoms with Crippen molar-refractivity contribution in [2.45, 2.75) is 39.2 Å². The van der Waals surface area contributed by atoms with E-state index in [1.165, 1.54) is 19.4 Å². The molecule has 0 radical (unpaired) electrons. The average Bonchev–Trinajstić information content (AvgIpc) is 3.17. The van der Waals surface area contributed by atoms with Crippen LogP contribution in [0.1, 0.15) is 43.6 Å². The van der Waals surface area contributed by atoms with Crippen LogP contribution in [-0.2, 0) is 0 Å². The minimum Gasteiger partial charge on any atom is -0.336 e. The Labute approximate surface area is 147 Å². The summed E-state index contributed by atoms with van der Waals surface area (Å²) in [7, 11) is 0. The molecule has 1 saturated heterocycles. The molecule has 2 fully saturated rings. The van der Waals surface area contributed by atoms with Crippen LogP contribution in [0.3, 0.4) is 0 Å². The number of nitrogens with zero attached hydrogens (tertiary/aromatic N) is 4. The molecule has 5 nitrogen and oxygen atoms in total. The predicted octanol–water partition coefficient (Wildman–Crippen LogP) is 2.98. The molecule has 2 aromatic heterocycles. The minimum atomic E-state index is 0.0878. The van der Waals surface area contributed by atoms with Crippen LogP contribution in [-0.4, -0.2) is 57.3 Å². The van der Waals surface area contributed by atoms with Gasteiger partial charge in [0.25, 0.3) is 5.91 Å². The molecule has 6 heteroatoms. The molecule has 1 atom stereocenters. The molecule has 1 aliphatic carbocycles. The second-order valence-corrected chi connectivity index (χ2v) is 8.45. The maximum absolute atomic E-state index is 13.0. The third-order valence-electron chi connectivity index (χ3n) is 5.31. The first-order valence-electron chi connectivity index (χ1n) is 9.07. The fourth-order valence-electron chi connectivity index (χ4n) is 3.73. The highest BCUT2D eigenvalue weighted by molar-refractivity contribution is 7.15. The van der Waals surface area contributed by atoms with Crippen LogP contribution < -0.4 is 0 Å². The smallest absolute Gasteiger partial charge is 0.274 e. The zero-order valence-electron chi connectivity index (χ0n) is 14.5. The molecule has 2 aliphatic rings. The zero-order chi connectivity index (χ0) is 16.7. The van der Waals surface area contributed by atoms with Gasteiger partial charge in [-0.3, -0.25) is 14.1 Å². The Morgan fingerprint density at radius 3 is 2.92 bits per heavy atom. The van der Waals surface area contributed by atoms with Crippen molar-refractivity contribution >= 4 is 22.2 Å². The second kappa shape index (κ2) is 6.48. The second-order valence-electron chi connectivity index (χ2n) is 7.57. The molecule has 24 heavy (non-hydrogen) atoms. The SMILES string of the molecule is CC(C)[C@@H]1CN(C(=O)c2cn3ccsc3n2)CCCN1CC1CC1. The number of rotatable bonds is 4. The Morgan fingerprint density at radius 2 is 2.21 bits per heavy atom. The maximum Gasteiger partial charge on any atom is 0.274 e. The summed E-state index contributed by atoms with van der Waals surface area (Å²) in [6.45, 7) is 8.56. The summed E-state index contributed by atoms with van der Waals surface area (Å²) >= 11 is 1.57.